The van der Waals surface area contributed by atoms with Gasteiger partial charge in [0.2, 0.25) is 0 Å². The maximum absolute atomic E-state index is 12.2. The maximum Gasteiger partial charge on any atom is 0.257 e. The van der Waals surface area contributed by atoms with E-state index in [9.17, 15) is 4.79 Å². The molecule has 0 aliphatic heterocycles. The number of methoxy groups -OCH3 is 1. The van der Waals surface area contributed by atoms with Crippen LogP contribution in [0.25, 0.3) is 11.3 Å². The topological polar surface area (TPSA) is 91.4 Å². The van der Waals surface area contributed by atoms with Gasteiger partial charge in [0.25, 0.3) is 5.91 Å². The molecular weight excluding hydrogens is 408 g/mol. The Labute approximate surface area is 187 Å². The number of ether oxygens (including phenoxy) is 2. The minimum Gasteiger partial charge on any atom is -0.497 e. The summed E-state index contributed by atoms with van der Waals surface area (Å²) in [6.45, 7) is 2.61. The molecule has 8 nitrogen and oxygen atoms in total. The summed E-state index contributed by atoms with van der Waals surface area (Å²) in [7, 11) is 3.55. The third-order valence-corrected chi connectivity index (χ3v) is 6.00. The van der Waals surface area contributed by atoms with E-state index in [-0.39, 0.29) is 12.5 Å². The zero-order valence-electron chi connectivity index (χ0n) is 18.8. The highest BCUT2D eigenvalue weighted by atomic mass is 16.5. The first-order chi connectivity index (χ1) is 15.5. The second kappa shape index (κ2) is 9.89. The number of nitrogens with zero attached hydrogens (tertiary/aromatic N) is 3. The summed E-state index contributed by atoms with van der Waals surface area (Å²) >= 11 is 0. The Bertz CT molecular complexity index is 1030. The molecule has 1 fully saturated rings. The number of amides is 1. The van der Waals surface area contributed by atoms with Crippen LogP contribution in [0, 0.1) is 12.8 Å². The highest BCUT2D eigenvalue weighted by Crippen LogP contribution is 2.39. The minimum absolute atomic E-state index is 0.00949. The van der Waals surface area contributed by atoms with Gasteiger partial charge >= 0.3 is 0 Å². The van der Waals surface area contributed by atoms with Gasteiger partial charge in [0.05, 0.1) is 24.1 Å². The molecule has 0 unspecified atom stereocenters. The van der Waals surface area contributed by atoms with Crippen LogP contribution in [0.4, 0.5) is 0 Å². The van der Waals surface area contributed by atoms with Crippen LogP contribution >= 0.6 is 0 Å². The number of nitrogens with one attached hydrogen (secondary N) is 1. The van der Waals surface area contributed by atoms with Crippen molar-refractivity contribution < 1.29 is 18.8 Å². The summed E-state index contributed by atoms with van der Waals surface area (Å²) in [6.07, 6.45) is 6.19. The molecule has 1 aliphatic carbocycles. The zero-order chi connectivity index (χ0) is 22.5. The lowest BCUT2D eigenvalue weighted by Gasteiger charge is -2.28. The van der Waals surface area contributed by atoms with Crippen molar-refractivity contribution in [1.29, 1.82) is 0 Å². The van der Waals surface area contributed by atoms with E-state index in [2.05, 4.69) is 10.5 Å². The summed E-state index contributed by atoms with van der Waals surface area (Å²) in [5.41, 5.74) is 2.98. The van der Waals surface area contributed by atoms with Gasteiger partial charge in [-0.05, 0) is 62.8 Å². The highest BCUT2D eigenvalue weighted by Gasteiger charge is 2.28. The molecule has 1 aliphatic rings. The van der Waals surface area contributed by atoms with Crippen LogP contribution in [0.5, 0.6) is 11.5 Å². The Balaban J connectivity index is 1.23. The molecule has 2 aromatic heterocycles. The van der Waals surface area contributed by atoms with Crippen molar-refractivity contribution in [1.82, 2.24) is 20.3 Å². The van der Waals surface area contributed by atoms with E-state index in [1.165, 1.54) is 0 Å². The first-order valence-electron chi connectivity index (χ1n) is 11.0. The van der Waals surface area contributed by atoms with Crippen LogP contribution in [0.1, 0.15) is 43.0 Å². The third-order valence-electron chi connectivity index (χ3n) is 6.00. The molecule has 170 valence electrons. The molecule has 4 rings (SSSR count). The van der Waals surface area contributed by atoms with E-state index < -0.39 is 0 Å². The Morgan fingerprint density at radius 3 is 2.56 bits per heavy atom. The summed E-state index contributed by atoms with van der Waals surface area (Å²) in [6, 6.07) is 9.15. The number of carbonyl (C=O) groups excluding carboxylic acids is 1. The van der Waals surface area contributed by atoms with Gasteiger partial charge in [-0.3, -0.25) is 9.48 Å². The van der Waals surface area contributed by atoms with E-state index in [1.807, 2.05) is 43.0 Å². The lowest BCUT2D eigenvalue weighted by molar-refractivity contribution is -0.123. The fraction of sp³-hybridized carbons (Fsp3) is 0.458. The molecule has 3 aromatic rings. The Morgan fingerprint density at radius 1 is 1.19 bits per heavy atom. The van der Waals surface area contributed by atoms with Gasteiger partial charge in [-0.2, -0.15) is 5.10 Å². The van der Waals surface area contributed by atoms with Crippen molar-refractivity contribution in [3.63, 3.8) is 0 Å². The standard InChI is InChI=1S/C24H30N4O4/c1-16-12-22(32-27-16)21-14-28(2)26-24(21)18-6-4-17(5-7-18)13-25-23(29)15-31-20-10-8-19(30-3)9-11-20/h8-12,14,17-18H,4-7,13,15H2,1-3H3,(H,25,29). The monoisotopic (exact) mass is 438 g/mol. The molecule has 8 heteroatoms. The zero-order valence-corrected chi connectivity index (χ0v) is 18.8. The molecular formula is C24H30N4O4. The van der Waals surface area contributed by atoms with Crippen molar-refractivity contribution in [3.05, 3.63) is 47.9 Å². The van der Waals surface area contributed by atoms with Crippen LogP contribution < -0.4 is 14.8 Å². The summed E-state index contributed by atoms with van der Waals surface area (Å²) < 4.78 is 18.0. The maximum atomic E-state index is 12.2. The average Bonchev–Trinajstić information content (AvgIpc) is 3.42. The van der Waals surface area contributed by atoms with Gasteiger partial charge in [0.15, 0.2) is 12.4 Å². The van der Waals surface area contributed by atoms with Crippen LogP contribution in [0.3, 0.4) is 0 Å². The van der Waals surface area contributed by atoms with Crippen molar-refractivity contribution in [2.24, 2.45) is 13.0 Å². The average molecular weight is 439 g/mol. The normalized spacial score (nSPS) is 18.3. The molecule has 1 N–H and O–H groups in total. The van der Waals surface area contributed by atoms with E-state index in [1.54, 1.807) is 19.2 Å². The van der Waals surface area contributed by atoms with Crippen molar-refractivity contribution >= 4 is 5.91 Å². The molecule has 0 atom stereocenters. The van der Waals surface area contributed by atoms with E-state index >= 15 is 0 Å². The fourth-order valence-corrected chi connectivity index (χ4v) is 4.26. The fourth-order valence-electron chi connectivity index (χ4n) is 4.26. The van der Waals surface area contributed by atoms with Crippen LogP contribution in [0.15, 0.2) is 41.1 Å². The number of carbonyl (C=O) groups is 1. The van der Waals surface area contributed by atoms with Gasteiger partial charge in [0.1, 0.15) is 11.5 Å². The highest BCUT2D eigenvalue weighted by molar-refractivity contribution is 5.77. The first-order valence-corrected chi connectivity index (χ1v) is 11.0. The van der Waals surface area contributed by atoms with E-state index in [0.29, 0.717) is 24.1 Å². The number of benzene rings is 1. The molecule has 1 amide bonds. The molecule has 1 saturated carbocycles. The quantitative estimate of drug-likeness (QED) is 0.574. The van der Waals surface area contributed by atoms with Crippen molar-refractivity contribution in [2.45, 2.75) is 38.5 Å². The van der Waals surface area contributed by atoms with Crippen LogP contribution in [-0.2, 0) is 11.8 Å². The van der Waals surface area contributed by atoms with E-state index in [0.717, 1.165) is 54.1 Å². The minimum atomic E-state index is -0.101. The molecule has 0 saturated heterocycles. The predicted octanol–water partition coefficient (Wildman–Crippen LogP) is 3.86. The van der Waals surface area contributed by atoms with Gasteiger partial charge in [-0.15, -0.1) is 0 Å². The molecule has 0 radical (unpaired) electrons. The first kappa shape index (κ1) is 21.9. The lowest BCUT2D eigenvalue weighted by atomic mass is 9.79. The number of aryl methyl sites for hydroxylation is 2. The Morgan fingerprint density at radius 2 is 1.91 bits per heavy atom. The summed E-state index contributed by atoms with van der Waals surface area (Å²) in [4.78, 5) is 12.2. The summed E-state index contributed by atoms with van der Waals surface area (Å²) in [5.74, 6) is 2.94. The summed E-state index contributed by atoms with van der Waals surface area (Å²) in [5, 5.41) is 11.7. The molecule has 0 spiro atoms. The number of aromatic nitrogens is 3. The predicted molar refractivity (Wildman–Crippen MR) is 120 cm³/mol. The number of rotatable bonds is 8. The van der Waals surface area contributed by atoms with Gasteiger partial charge < -0.3 is 19.3 Å². The van der Waals surface area contributed by atoms with Crippen molar-refractivity contribution in [2.75, 3.05) is 20.3 Å². The smallest absolute Gasteiger partial charge is 0.257 e. The Kier molecular flexibility index (Phi) is 6.78. The van der Waals surface area contributed by atoms with E-state index in [4.69, 9.17) is 19.1 Å². The second-order valence-corrected chi connectivity index (χ2v) is 8.42. The molecule has 32 heavy (non-hydrogen) atoms. The number of hydrogen-bond acceptors (Lipinski definition) is 6. The van der Waals surface area contributed by atoms with Crippen LogP contribution in [-0.4, -0.2) is 41.1 Å². The number of hydrogen-bond donors (Lipinski definition) is 1. The Hall–Kier alpha value is -3.29. The lowest BCUT2D eigenvalue weighted by Crippen LogP contribution is -2.34. The SMILES string of the molecule is COc1ccc(OCC(=O)NCC2CCC(c3nn(C)cc3-c3cc(C)no3)CC2)cc1. The van der Waals surface area contributed by atoms with Gasteiger partial charge in [0, 0.05) is 31.8 Å². The van der Waals surface area contributed by atoms with Gasteiger partial charge in [-0.25, -0.2) is 0 Å². The molecule has 2 heterocycles. The second-order valence-electron chi connectivity index (χ2n) is 8.42. The van der Waals surface area contributed by atoms with Crippen molar-refractivity contribution in [3.8, 4) is 22.8 Å². The molecule has 1 aromatic carbocycles. The van der Waals surface area contributed by atoms with Crippen LogP contribution in [0.2, 0.25) is 0 Å². The third kappa shape index (κ3) is 5.30. The molecule has 0 bridgehead atoms. The van der Waals surface area contributed by atoms with Gasteiger partial charge in [-0.1, -0.05) is 5.16 Å². The largest absolute Gasteiger partial charge is 0.497 e.